The van der Waals surface area contributed by atoms with E-state index < -0.39 is 0 Å². The predicted octanol–water partition coefficient (Wildman–Crippen LogP) is 2.10. The minimum absolute atomic E-state index is 0.132. The zero-order valence-corrected chi connectivity index (χ0v) is 13.8. The Balaban J connectivity index is 1.80. The zero-order chi connectivity index (χ0) is 16.4. The molecule has 0 spiro atoms. The summed E-state index contributed by atoms with van der Waals surface area (Å²) in [5.74, 6) is 0.607. The summed E-state index contributed by atoms with van der Waals surface area (Å²) in [5.41, 5.74) is 3.31. The maximum Gasteiger partial charge on any atom is 0.263 e. The molecule has 1 amide bonds. The van der Waals surface area contributed by atoms with Gasteiger partial charge in [0.2, 0.25) is 5.88 Å². The summed E-state index contributed by atoms with van der Waals surface area (Å²) < 4.78 is 5.08. The van der Waals surface area contributed by atoms with E-state index in [1.807, 2.05) is 13.0 Å². The van der Waals surface area contributed by atoms with Gasteiger partial charge in [-0.05, 0) is 31.2 Å². The van der Waals surface area contributed by atoms with Crippen LogP contribution in [0.2, 0.25) is 0 Å². The van der Waals surface area contributed by atoms with E-state index >= 15 is 0 Å². The summed E-state index contributed by atoms with van der Waals surface area (Å²) in [4.78, 5) is 21.5. The fourth-order valence-electron chi connectivity index (χ4n) is 2.80. The van der Waals surface area contributed by atoms with Crippen LogP contribution in [0.25, 0.3) is 0 Å². The van der Waals surface area contributed by atoms with E-state index in [-0.39, 0.29) is 24.0 Å². The molecule has 0 saturated heterocycles. The molecule has 1 aliphatic carbocycles. The molecule has 2 aromatic rings. The van der Waals surface area contributed by atoms with E-state index in [1.165, 1.54) is 11.3 Å². The molecular formula is C16H19N3O3S. The Morgan fingerprint density at radius 1 is 1.43 bits per heavy atom. The normalized spacial score (nSPS) is 21.3. The van der Waals surface area contributed by atoms with Gasteiger partial charge in [0.1, 0.15) is 4.88 Å². The number of nitrogens with one attached hydrogen (secondary N) is 1. The quantitative estimate of drug-likeness (QED) is 0.875. The van der Waals surface area contributed by atoms with Crippen molar-refractivity contribution >= 4 is 17.2 Å². The van der Waals surface area contributed by atoms with Crippen molar-refractivity contribution in [2.45, 2.75) is 31.9 Å². The number of methoxy groups -OCH3 is 1. The second-order valence-electron chi connectivity index (χ2n) is 5.74. The van der Waals surface area contributed by atoms with E-state index in [9.17, 15) is 9.90 Å². The van der Waals surface area contributed by atoms with E-state index in [4.69, 9.17) is 4.74 Å². The van der Waals surface area contributed by atoms with Crippen molar-refractivity contribution in [3.63, 3.8) is 0 Å². The molecular weight excluding hydrogens is 314 g/mol. The van der Waals surface area contributed by atoms with Gasteiger partial charge in [0.05, 0.1) is 30.5 Å². The number of aliphatic hydroxyl groups excluding tert-OH is 1. The second kappa shape index (κ2) is 6.64. The third kappa shape index (κ3) is 3.35. The molecule has 2 aromatic heterocycles. The number of hydrogen-bond acceptors (Lipinski definition) is 6. The van der Waals surface area contributed by atoms with Crippen LogP contribution in [0.1, 0.15) is 39.8 Å². The molecule has 0 radical (unpaired) electrons. The fourth-order valence-corrected chi connectivity index (χ4v) is 3.50. The van der Waals surface area contributed by atoms with Gasteiger partial charge in [0.25, 0.3) is 5.91 Å². The lowest BCUT2D eigenvalue weighted by atomic mass is 9.75. The number of carbonyl (C=O) groups excluding carboxylic acids is 1. The summed E-state index contributed by atoms with van der Waals surface area (Å²) >= 11 is 1.33. The Morgan fingerprint density at radius 2 is 2.22 bits per heavy atom. The number of pyridine rings is 1. The van der Waals surface area contributed by atoms with Crippen molar-refractivity contribution in [3.05, 3.63) is 40.0 Å². The van der Waals surface area contributed by atoms with Crippen molar-refractivity contribution < 1.29 is 14.6 Å². The molecule has 0 aromatic carbocycles. The van der Waals surface area contributed by atoms with Gasteiger partial charge < -0.3 is 15.2 Å². The molecule has 1 saturated carbocycles. The number of amides is 1. The van der Waals surface area contributed by atoms with Gasteiger partial charge in [-0.1, -0.05) is 6.07 Å². The van der Waals surface area contributed by atoms with E-state index in [1.54, 1.807) is 24.9 Å². The topological polar surface area (TPSA) is 84.3 Å². The van der Waals surface area contributed by atoms with E-state index in [0.717, 1.165) is 11.3 Å². The standard InChI is InChI=1S/C16H19N3O3S/c1-9-15(23-8-18-9)16(21)19-14(11-5-12(20)6-11)10-3-4-13(22-2)17-7-10/h3-4,7-8,11-12,14,20H,5-6H2,1-2H3,(H,19,21)/t11?,12?,14-/m1/s1. The van der Waals surface area contributed by atoms with Crippen LogP contribution in [0.4, 0.5) is 0 Å². The minimum atomic E-state index is -0.282. The van der Waals surface area contributed by atoms with Crippen LogP contribution in [-0.4, -0.2) is 34.2 Å². The molecule has 122 valence electrons. The minimum Gasteiger partial charge on any atom is -0.481 e. The van der Waals surface area contributed by atoms with Gasteiger partial charge in [0, 0.05) is 12.3 Å². The first-order valence-electron chi connectivity index (χ1n) is 7.47. The van der Waals surface area contributed by atoms with Gasteiger partial charge in [-0.3, -0.25) is 4.79 Å². The first-order chi connectivity index (χ1) is 11.1. The SMILES string of the molecule is COc1ccc([C@@H](NC(=O)c2scnc2C)C2CC(O)C2)cn1. The molecule has 23 heavy (non-hydrogen) atoms. The van der Waals surface area contributed by atoms with Crippen LogP contribution in [0.3, 0.4) is 0 Å². The molecule has 0 bridgehead atoms. The number of aryl methyl sites for hydroxylation is 1. The van der Waals surface area contributed by atoms with Crippen LogP contribution in [0.5, 0.6) is 5.88 Å². The summed E-state index contributed by atoms with van der Waals surface area (Å²) in [6.07, 6.45) is 2.79. The molecule has 1 fully saturated rings. The molecule has 0 unspecified atom stereocenters. The monoisotopic (exact) mass is 333 g/mol. The highest BCUT2D eigenvalue weighted by atomic mass is 32.1. The van der Waals surface area contributed by atoms with Gasteiger partial charge in [0.15, 0.2) is 0 Å². The first kappa shape index (κ1) is 15.9. The lowest BCUT2D eigenvalue weighted by Gasteiger charge is -2.38. The molecule has 6 nitrogen and oxygen atoms in total. The van der Waals surface area contributed by atoms with Crippen molar-refractivity contribution in [2.24, 2.45) is 5.92 Å². The Bertz CT molecular complexity index is 680. The zero-order valence-electron chi connectivity index (χ0n) is 13.0. The number of carbonyl (C=O) groups is 1. The Morgan fingerprint density at radius 3 is 2.74 bits per heavy atom. The maximum absolute atomic E-state index is 12.5. The van der Waals surface area contributed by atoms with Crippen molar-refractivity contribution in [3.8, 4) is 5.88 Å². The average Bonchev–Trinajstić information content (AvgIpc) is 2.96. The third-order valence-electron chi connectivity index (χ3n) is 4.19. The van der Waals surface area contributed by atoms with Crippen LogP contribution >= 0.6 is 11.3 Å². The lowest BCUT2D eigenvalue weighted by Crippen LogP contribution is -2.41. The number of aliphatic hydroxyl groups is 1. The number of ether oxygens (including phenoxy) is 1. The molecule has 3 rings (SSSR count). The second-order valence-corrected chi connectivity index (χ2v) is 6.59. The van der Waals surface area contributed by atoms with Gasteiger partial charge in [-0.25, -0.2) is 9.97 Å². The Labute approximate surface area is 138 Å². The molecule has 7 heteroatoms. The van der Waals surface area contributed by atoms with Crippen molar-refractivity contribution in [1.29, 1.82) is 0 Å². The third-order valence-corrected chi connectivity index (χ3v) is 5.11. The number of nitrogens with zero attached hydrogens (tertiary/aromatic N) is 2. The number of aromatic nitrogens is 2. The fraction of sp³-hybridized carbons (Fsp3) is 0.438. The maximum atomic E-state index is 12.5. The number of rotatable bonds is 5. The molecule has 0 aliphatic heterocycles. The average molecular weight is 333 g/mol. The highest BCUT2D eigenvalue weighted by Gasteiger charge is 2.36. The van der Waals surface area contributed by atoms with E-state index in [2.05, 4.69) is 15.3 Å². The summed E-state index contributed by atoms with van der Waals surface area (Å²) in [5, 5.41) is 12.7. The van der Waals surface area contributed by atoms with Gasteiger partial charge in [-0.2, -0.15) is 0 Å². The molecule has 1 aliphatic rings. The van der Waals surface area contributed by atoms with E-state index in [0.29, 0.717) is 23.6 Å². The van der Waals surface area contributed by atoms with Crippen LogP contribution < -0.4 is 10.1 Å². The highest BCUT2D eigenvalue weighted by Crippen LogP contribution is 2.38. The molecule has 2 heterocycles. The van der Waals surface area contributed by atoms with Crippen molar-refractivity contribution in [1.82, 2.24) is 15.3 Å². The number of hydrogen-bond donors (Lipinski definition) is 2. The molecule has 1 atom stereocenters. The first-order valence-corrected chi connectivity index (χ1v) is 8.35. The van der Waals surface area contributed by atoms with Crippen molar-refractivity contribution in [2.75, 3.05) is 7.11 Å². The summed E-state index contributed by atoms with van der Waals surface area (Å²) in [6.45, 7) is 1.82. The molecule has 2 N–H and O–H groups in total. The Kier molecular flexibility index (Phi) is 4.58. The highest BCUT2D eigenvalue weighted by molar-refractivity contribution is 7.11. The number of thiazole rings is 1. The largest absolute Gasteiger partial charge is 0.481 e. The summed E-state index contributed by atoms with van der Waals surface area (Å²) in [6, 6.07) is 3.51. The van der Waals surface area contributed by atoms with Crippen LogP contribution in [0, 0.1) is 12.8 Å². The van der Waals surface area contributed by atoms with Crippen LogP contribution in [0.15, 0.2) is 23.8 Å². The van der Waals surface area contributed by atoms with Gasteiger partial charge in [-0.15, -0.1) is 11.3 Å². The summed E-state index contributed by atoms with van der Waals surface area (Å²) in [7, 11) is 1.57. The Hall–Kier alpha value is -1.99. The lowest BCUT2D eigenvalue weighted by molar-refractivity contribution is 0.0235. The predicted molar refractivity (Wildman–Crippen MR) is 86.6 cm³/mol. The smallest absolute Gasteiger partial charge is 0.263 e. The van der Waals surface area contributed by atoms with Crippen LogP contribution in [-0.2, 0) is 0 Å². The van der Waals surface area contributed by atoms with Gasteiger partial charge >= 0.3 is 0 Å².